The molecular weight excluding hydrogens is 386 g/mol. The predicted octanol–water partition coefficient (Wildman–Crippen LogP) is 1.78. The highest BCUT2D eigenvalue weighted by molar-refractivity contribution is 8.09. The number of hydrazine groups is 1. The number of ether oxygens (including phenoxy) is 2. The summed E-state index contributed by atoms with van der Waals surface area (Å²) in [6.45, 7) is 2.38. The Morgan fingerprint density at radius 2 is 1.96 bits per heavy atom. The smallest absolute Gasteiger partial charge is 0.367 e. The Kier molecular flexibility index (Phi) is 6.70. The zero-order valence-electron chi connectivity index (χ0n) is 14.2. The predicted molar refractivity (Wildman–Crippen MR) is 93.5 cm³/mol. The maximum atomic E-state index is 12.2. The van der Waals surface area contributed by atoms with Gasteiger partial charge in [-0.05, 0) is 26.7 Å². The molecule has 0 fully saturated rings. The lowest BCUT2D eigenvalue weighted by Crippen LogP contribution is -2.34. The van der Waals surface area contributed by atoms with E-state index in [1.165, 1.54) is 25.3 Å². The summed E-state index contributed by atoms with van der Waals surface area (Å²) in [7, 11) is -1.42. The molecule has 142 valence electrons. The summed E-state index contributed by atoms with van der Waals surface area (Å²) in [6.07, 6.45) is 2.32. The molecule has 2 rings (SSSR count). The highest BCUT2D eigenvalue weighted by Gasteiger charge is 2.30. The fraction of sp³-hybridized carbons (Fsp3) is 0.417. The molecule has 14 heteroatoms. The van der Waals surface area contributed by atoms with Crippen molar-refractivity contribution in [2.75, 3.05) is 26.1 Å². The van der Waals surface area contributed by atoms with Crippen LogP contribution >= 0.6 is 11.9 Å². The molecule has 1 N–H and O–H groups in total. The minimum Gasteiger partial charge on any atom is -0.481 e. The molecule has 0 radical (unpaired) electrons. The third kappa shape index (κ3) is 5.03. The van der Waals surface area contributed by atoms with Gasteiger partial charge in [-0.1, -0.05) is 12.0 Å². The van der Waals surface area contributed by atoms with Gasteiger partial charge in [-0.15, -0.1) is 0 Å². The molecule has 2 amide bonds. The number of hydrogen-bond donors (Lipinski definition) is 1. The molecule has 0 saturated heterocycles. The van der Waals surface area contributed by atoms with Crippen LogP contribution in [0.15, 0.2) is 27.3 Å². The summed E-state index contributed by atoms with van der Waals surface area (Å²) in [5.74, 6) is 0.116. The maximum Gasteiger partial charge on any atom is 0.367 e. The minimum atomic E-state index is -4.18. The van der Waals surface area contributed by atoms with Crippen molar-refractivity contribution in [1.29, 1.82) is 0 Å². The summed E-state index contributed by atoms with van der Waals surface area (Å²) in [5.41, 5.74) is 0. The fourth-order valence-electron chi connectivity index (χ4n) is 1.75. The van der Waals surface area contributed by atoms with Crippen molar-refractivity contribution in [2.45, 2.75) is 13.3 Å². The van der Waals surface area contributed by atoms with Gasteiger partial charge in [-0.2, -0.15) is 18.4 Å². The second-order valence-corrected chi connectivity index (χ2v) is 7.09. The first-order valence-corrected chi connectivity index (χ1v) is 9.49. The van der Waals surface area contributed by atoms with Gasteiger partial charge in [0.05, 0.1) is 20.3 Å². The highest BCUT2D eigenvalue weighted by atomic mass is 32.3. The third-order valence-corrected chi connectivity index (χ3v) is 5.14. The zero-order chi connectivity index (χ0) is 19.2. The molecule has 0 unspecified atom stereocenters. The molecule has 0 atom stereocenters. The molecule has 12 nitrogen and oxygen atoms in total. The Hall–Kier alpha value is -2.45. The molecule has 0 spiro atoms. The lowest BCUT2D eigenvalue weighted by Gasteiger charge is -2.23. The average molecular weight is 403 g/mol. The highest BCUT2D eigenvalue weighted by Crippen LogP contribution is 2.28. The number of hydrogen-bond acceptors (Lipinski definition) is 9. The quantitative estimate of drug-likeness (QED) is 0.533. The number of anilines is 1. The Morgan fingerprint density at radius 1 is 1.31 bits per heavy atom. The van der Waals surface area contributed by atoms with E-state index in [-0.39, 0.29) is 17.7 Å². The van der Waals surface area contributed by atoms with E-state index in [2.05, 4.69) is 24.9 Å². The Balaban J connectivity index is 2.07. The summed E-state index contributed by atoms with van der Waals surface area (Å²) < 4.78 is 38.3. The first-order chi connectivity index (χ1) is 12.4. The van der Waals surface area contributed by atoms with Crippen LogP contribution in [0.4, 0.5) is 10.7 Å². The van der Waals surface area contributed by atoms with Crippen LogP contribution in [0.3, 0.4) is 0 Å². The van der Waals surface area contributed by atoms with Crippen LogP contribution in [0.25, 0.3) is 0 Å². The molecule has 0 aromatic carbocycles. The molecule has 0 saturated carbocycles. The summed E-state index contributed by atoms with van der Waals surface area (Å²) in [4.78, 5) is 19.6. The number of urea groups is 1. The number of aromatic nitrogens is 2. The van der Waals surface area contributed by atoms with Gasteiger partial charge in [-0.25, -0.2) is 4.79 Å². The van der Waals surface area contributed by atoms with Gasteiger partial charge >= 0.3 is 16.2 Å². The van der Waals surface area contributed by atoms with Crippen LogP contribution in [-0.2, 0) is 10.2 Å². The molecule has 0 bridgehead atoms. The summed E-state index contributed by atoms with van der Waals surface area (Å²) in [5, 5.41) is 8.38. The van der Waals surface area contributed by atoms with E-state index in [9.17, 15) is 13.2 Å². The van der Waals surface area contributed by atoms with Crippen molar-refractivity contribution in [1.82, 2.24) is 18.8 Å². The standard InChI is InChI=1S/C12H17N7O5S2/c1-4-5-18-6-7-25-19(18)26(21,22)17-16-12(20)15-11-13-9(23-2)8-10(14-11)24-3/h6-8H,4-5H2,1-3H3,(H,13,14,15,20). The number of methoxy groups -OCH3 is 2. The molecule has 1 aromatic rings. The van der Waals surface area contributed by atoms with Crippen LogP contribution in [0.5, 0.6) is 11.8 Å². The van der Waals surface area contributed by atoms with Crippen molar-refractivity contribution in [2.24, 2.45) is 9.63 Å². The van der Waals surface area contributed by atoms with E-state index in [0.29, 0.717) is 6.54 Å². The molecule has 1 aliphatic heterocycles. The third-order valence-electron chi connectivity index (χ3n) is 2.79. The average Bonchev–Trinajstić information content (AvgIpc) is 3.09. The van der Waals surface area contributed by atoms with Crippen LogP contribution in [0.1, 0.15) is 13.3 Å². The molecule has 26 heavy (non-hydrogen) atoms. The van der Waals surface area contributed by atoms with Crippen molar-refractivity contribution >= 4 is 34.1 Å². The number of nitrogens with zero attached hydrogens (tertiary/aromatic N) is 6. The summed E-state index contributed by atoms with van der Waals surface area (Å²) in [6, 6.07) is 0.338. The lowest BCUT2D eigenvalue weighted by molar-refractivity contribution is 0.232. The first kappa shape index (κ1) is 19.9. The van der Waals surface area contributed by atoms with E-state index >= 15 is 0 Å². The second kappa shape index (κ2) is 8.77. The SMILES string of the molecule is CCCN1C=CSN1S(=O)(=O)N=NC(=O)Nc1nc(OC)cc(OC)n1. The van der Waals surface area contributed by atoms with Gasteiger partial charge in [0, 0.05) is 18.2 Å². The molecular formula is C12H17N7O5S2. The fourth-order valence-corrected chi connectivity index (χ4v) is 3.62. The van der Waals surface area contributed by atoms with E-state index in [0.717, 1.165) is 22.2 Å². The van der Waals surface area contributed by atoms with Gasteiger partial charge in [0.2, 0.25) is 17.7 Å². The van der Waals surface area contributed by atoms with Gasteiger partial charge in [0.15, 0.2) is 0 Å². The minimum absolute atomic E-state index is 0.145. The number of amides is 2. The van der Waals surface area contributed by atoms with Gasteiger partial charge < -0.3 is 9.47 Å². The van der Waals surface area contributed by atoms with E-state index in [1.54, 1.807) is 11.6 Å². The van der Waals surface area contributed by atoms with Gasteiger partial charge in [-0.3, -0.25) is 10.3 Å². The van der Waals surface area contributed by atoms with Crippen molar-refractivity contribution in [3.63, 3.8) is 0 Å². The molecule has 1 aromatic heterocycles. The summed E-state index contributed by atoms with van der Waals surface area (Å²) >= 11 is 0.910. The van der Waals surface area contributed by atoms with Crippen LogP contribution in [-0.4, -0.2) is 54.0 Å². The van der Waals surface area contributed by atoms with Crippen LogP contribution < -0.4 is 14.8 Å². The largest absolute Gasteiger partial charge is 0.481 e. The number of carbonyl (C=O) groups is 1. The topological polar surface area (TPSA) is 139 Å². The first-order valence-electron chi connectivity index (χ1n) is 7.26. The van der Waals surface area contributed by atoms with E-state index < -0.39 is 16.2 Å². The van der Waals surface area contributed by atoms with Gasteiger partial charge in [0.25, 0.3) is 0 Å². The second-order valence-electron chi connectivity index (χ2n) is 4.63. The van der Waals surface area contributed by atoms with E-state index in [4.69, 9.17) is 9.47 Å². The Morgan fingerprint density at radius 3 is 2.54 bits per heavy atom. The van der Waals surface area contributed by atoms with E-state index in [1.807, 2.05) is 6.92 Å². The monoisotopic (exact) mass is 403 g/mol. The molecule has 1 aliphatic rings. The maximum absolute atomic E-state index is 12.2. The van der Waals surface area contributed by atoms with Crippen LogP contribution in [0, 0.1) is 0 Å². The normalized spacial score (nSPS) is 14.8. The molecule has 2 heterocycles. The van der Waals surface area contributed by atoms with Crippen molar-refractivity contribution < 1.29 is 22.7 Å². The lowest BCUT2D eigenvalue weighted by atomic mass is 10.5. The number of nitrogens with one attached hydrogen (secondary N) is 1. The van der Waals surface area contributed by atoms with Crippen molar-refractivity contribution in [3.8, 4) is 11.8 Å². The Bertz CT molecular complexity index is 792. The zero-order valence-corrected chi connectivity index (χ0v) is 15.8. The number of rotatable bonds is 7. The van der Waals surface area contributed by atoms with Crippen molar-refractivity contribution in [3.05, 3.63) is 17.7 Å². The number of carbonyl (C=O) groups excluding carboxylic acids is 1. The molecule has 0 aliphatic carbocycles. The van der Waals surface area contributed by atoms with Gasteiger partial charge in [0.1, 0.15) is 0 Å². The van der Waals surface area contributed by atoms with Crippen LogP contribution in [0.2, 0.25) is 0 Å². The Labute approximate surface area is 154 Å².